The molecule has 3 heterocycles. The molecular weight excluding hydrogens is 369 g/mol. The Balaban J connectivity index is 0.00000121. The SMILES string of the molecule is Cl.Cl.O=C(CC1CC2CCC(C1)N2)NCCc1cccc2cccnc12. The largest absolute Gasteiger partial charge is 0.356 e. The molecule has 2 N–H and O–H groups in total. The van der Waals surface area contributed by atoms with Crippen LogP contribution in [0.4, 0.5) is 0 Å². The van der Waals surface area contributed by atoms with Gasteiger partial charge >= 0.3 is 0 Å². The summed E-state index contributed by atoms with van der Waals surface area (Å²) in [6.07, 6.45) is 8.25. The summed E-state index contributed by atoms with van der Waals surface area (Å²) >= 11 is 0. The zero-order valence-electron chi connectivity index (χ0n) is 14.8. The number of carbonyl (C=O) groups is 1. The molecule has 2 unspecified atom stereocenters. The van der Waals surface area contributed by atoms with Crippen molar-refractivity contribution in [1.29, 1.82) is 0 Å². The van der Waals surface area contributed by atoms with Crippen molar-refractivity contribution in [2.24, 2.45) is 5.92 Å². The highest BCUT2D eigenvalue weighted by atomic mass is 35.5. The Morgan fingerprint density at radius 1 is 1.12 bits per heavy atom. The molecule has 4 nitrogen and oxygen atoms in total. The van der Waals surface area contributed by atoms with Gasteiger partial charge in [-0.05, 0) is 49.7 Å². The van der Waals surface area contributed by atoms with E-state index in [9.17, 15) is 4.79 Å². The number of nitrogens with zero attached hydrogens (tertiary/aromatic N) is 1. The number of hydrogen-bond acceptors (Lipinski definition) is 3. The zero-order valence-corrected chi connectivity index (χ0v) is 16.5. The summed E-state index contributed by atoms with van der Waals surface area (Å²) < 4.78 is 0. The molecule has 26 heavy (non-hydrogen) atoms. The van der Waals surface area contributed by atoms with Crippen LogP contribution in [0.25, 0.3) is 10.9 Å². The molecule has 2 fully saturated rings. The first-order valence-electron chi connectivity index (χ1n) is 9.13. The van der Waals surface area contributed by atoms with Crippen molar-refractivity contribution in [2.45, 2.75) is 50.6 Å². The second-order valence-electron chi connectivity index (χ2n) is 7.27. The van der Waals surface area contributed by atoms with E-state index in [2.05, 4.69) is 39.9 Å². The van der Waals surface area contributed by atoms with Gasteiger partial charge in [0.15, 0.2) is 0 Å². The van der Waals surface area contributed by atoms with E-state index in [0.717, 1.165) is 30.2 Å². The normalized spacial score (nSPS) is 23.8. The maximum atomic E-state index is 12.3. The molecule has 4 rings (SSSR count). The van der Waals surface area contributed by atoms with Gasteiger partial charge in [-0.1, -0.05) is 24.3 Å². The van der Waals surface area contributed by atoms with Crippen molar-refractivity contribution in [1.82, 2.24) is 15.6 Å². The van der Waals surface area contributed by atoms with Gasteiger partial charge in [0.25, 0.3) is 0 Å². The number of nitrogens with one attached hydrogen (secondary N) is 2. The van der Waals surface area contributed by atoms with Crippen molar-refractivity contribution in [2.75, 3.05) is 6.54 Å². The van der Waals surface area contributed by atoms with Crippen LogP contribution in [0.2, 0.25) is 0 Å². The van der Waals surface area contributed by atoms with E-state index in [0.29, 0.717) is 31.0 Å². The maximum Gasteiger partial charge on any atom is 0.220 e. The molecule has 1 amide bonds. The Hall–Kier alpha value is -1.36. The third kappa shape index (κ3) is 4.87. The van der Waals surface area contributed by atoms with E-state index in [4.69, 9.17) is 0 Å². The number of hydrogen-bond donors (Lipinski definition) is 2. The summed E-state index contributed by atoms with van der Waals surface area (Å²) in [5, 5.41) is 7.90. The van der Waals surface area contributed by atoms with Gasteiger partial charge in [0.2, 0.25) is 5.91 Å². The molecule has 2 atom stereocenters. The van der Waals surface area contributed by atoms with Gasteiger partial charge in [-0.25, -0.2) is 0 Å². The highest BCUT2D eigenvalue weighted by Crippen LogP contribution is 2.32. The quantitative estimate of drug-likeness (QED) is 0.811. The first kappa shape index (κ1) is 20.9. The van der Waals surface area contributed by atoms with Crippen molar-refractivity contribution in [3.8, 4) is 0 Å². The average Bonchev–Trinajstić information content (AvgIpc) is 2.93. The van der Waals surface area contributed by atoms with E-state index in [1.165, 1.54) is 18.4 Å². The molecule has 0 spiro atoms. The molecule has 1 aromatic carbocycles. The smallest absolute Gasteiger partial charge is 0.220 e. The second-order valence-corrected chi connectivity index (χ2v) is 7.27. The number of rotatable bonds is 5. The number of pyridine rings is 1. The van der Waals surface area contributed by atoms with Gasteiger partial charge in [0.1, 0.15) is 0 Å². The fourth-order valence-electron chi connectivity index (χ4n) is 4.38. The average molecular weight is 396 g/mol. The molecular formula is C20H27Cl2N3O. The summed E-state index contributed by atoms with van der Waals surface area (Å²) in [7, 11) is 0. The van der Waals surface area contributed by atoms with Gasteiger partial charge in [0, 0.05) is 36.6 Å². The van der Waals surface area contributed by atoms with Crippen LogP contribution in [0, 0.1) is 5.92 Å². The van der Waals surface area contributed by atoms with Crippen LogP contribution in [-0.2, 0) is 11.2 Å². The number of piperidine rings is 1. The molecule has 2 saturated heterocycles. The van der Waals surface area contributed by atoms with E-state index < -0.39 is 0 Å². The predicted octanol–water partition coefficient (Wildman–Crippen LogP) is 3.66. The monoisotopic (exact) mass is 395 g/mol. The molecule has 0 aliphatic carbocycles. The van der Waals surface area contributed by atoms with Crippen molar-refractivity contribution in [3.05, 3.63) is 42.1 Å². The van der Waals surface area contributed by atoms with Gasteiger partial charge < -0.3 is 10.6 Å². The Morgan fingerprint density at radius 3 is 2.62 bits per heavy atom. The van der Waals surface area contributed by atoms with Crippen molar-refractivity contribution >= 4 is 41.6 Å². The number of benzene rings is 1. The van der Waals surface area contributed by atoms with Gasteiger partial charge in [-0.3, -0.25) is 9.78 Å². The Morgan fingerprint density at radius 2 is 1.85 bits per heavy atom. The fraction of sp³-hybridized carbons (Fsp3) is 0.500. The van der Waals surface area contributed by atoms with E-state index in [-0.39, 0.29) is 30.7 Å². The number of fused-ring (bicyclic) bond motifs is 3. The Kier molecular flexibility index (Phi) is 7.69. The molecule has 2 bridgehead atoms. The topological polar surface area (TPSA) is 54.0 Å². The minimum Gasteiger partial charge on any atom is -0.356 e. The third-order valence-corrected chi connectivity index (χ3v) is 5.48. The van der Waals surface area contributed by atoms with Crippen molar-refractivity contribution in [3.63, 3.8) is 0 Å². The second kappa shape index (κ2) is 9.54. The highest BCUT2D eigenvalue weighted by Gasteiger charge is 2.34. The van der Waals surface area contributed by atoms with Gasteiger partial charge in [-0.15, -0.1) is 24.8 Å². The van der Waals surface area contributed by atoms with Crippen LogP contribution in [0.1, 0.15) is 37.7 Å². The summed E-state index contributed by atoms with van der Waals surface area (Å²) in [6.45, 7) is 0.687. The lowest BCUT2D eigenvalue weighted by Crippen LogP contribution is -2.39. The van der Waals surface area contributed by atoms with E-state index >= 15 is 0 Å². The molecule has 0 saturated carbocycles. The lowest BCUT2D eigenvalue weighted by atomic mass is 9.89. The fourth-order valence-corrected chi connectivity index (χ4v) is 4.38. The lowest BCUT2D eigenvalue weighted by Gasteiger charge is -2.28. The third-order valence-electron chi connectivity index (χ3n) is 5.48. The first-order valence-corrected chi connectivity index (χ1v) is 9.13. The predicted molar refractivity (Wildman–Crippen MR) is 110 cm³/mol. The number of halogens is 2. The maximum absolute atomic E-state index is 12.3. The lowest BCUT2D eigenvalue weighted by molar-refractivity contribution is -0.122. The van der Waals surface area contributed by atoms with E-state index in [1.807, 2.05) is 12.3 Å². The van der Waals surface area contributed by atoms with Crippen LogP contribution in [-0.4, -0.2) is 29.5 Å². The molecule has 1 aromatic heterocycles. The van der Waals surface area contributed by atoms with E-state index in [1.54, 1.807) is 0 Å². The zero-order chi connectivity index (χ0) is 16.4. The number of aromatic nitrogens is 1. The molecule has 142 valence electrons. The van der Waals surface area contributed by atoms with Crippen LogP contribution in [0.15, 0.2) is 36.5 Å². The van der Waals surface area contributed by atoms with Crippen LogP contribution < -0.4 is 10.6 Å². The summed E-state index contributed by atoms with van der Waals surface area (Å²) in [6, 6.07) is 11.6. The van der Waals surface area contributed by atoms with Crippen LogP contribution in [0.3, 0.4) is 0 Å². The number of carbonyl (C=O) groups excluding carboxylic acids is 1. The summed E-state index contributed by atoms with van der Waals surface area (Å²) in [5.74, 6) is 0.762. The van der Waals surface area contributed by atoms with Gasteiger partial charge in [0.05, 0.1) is 5.52 Å². The number of amides is 1. The van der Waals surface area contributed by atoms with Crippen molar-refractivity contribution < 1.29 is 4.79 Å². The molecule has 2 aliphatic heterocycles. The Labute approximate surface area is 167 Å². The van der Waals surface area contributed by atoms with Crippen LogP contribution >= 0.6 is 24.8 Å². The standard InChI is InChI=1S/C20H25N3O.2ClH/c24-19(13-14-11-17-6-7-18(12-14)23-17)21-10-8-16-4-1-3-15-5-2-9-22-20(15)16;;/h1-5,9,14,17-18,23H,6-8,10-13H2,(H,21,24);2*1H. The molecule has 6 heteroatoms. The molecule has 2 aromatic rings. The molecule has 0 radical (unpaired) electrons. The summed E-state index contributed by atoms with van der Waals surface area (Å²) in [4.78, 5) is 16.7. The Bertz CT molecular complexity index is 723. The minimum atomic E-state index is 0. The minimum absolute atomic E-state index is 0. The number of para-hydroxylation sites is 1. The summed E-state index contributed by atoms with van der Waals surface area (Å²) in [5.41, 5.74) is 2.25. The van der Waals surface area contributed by atoms with Gasteiger partial charge in [-0.2, -0.15) is 0 Å². The van der Waals surface area contributed by atoms with Crippen LogP contribution in [0.5, 0.6) is 0 Å². The first-order chi connectivity index (χ1) is 11.8. The molecule has 2 aliphatic rings. The highest BCUT2D eigenvalue weighted by molar-refractivity contribution is 5.85.